The maximum atomic E-state index is 12.6. The van der Waals surface area contributed by atoms with Gasteiger partial charge >= 0.3 is 6.03 Å². The molecule has 29 heavy (non-hydrogen) atoms. The lowest BCUT2D eigenvalue weighted by Gasteiger charge is -2.35. The molecule has 2 aromatic rings. The number of anilines is 1. The van der Waals surface area contributed by atoms with Crippen LogP contribution < -0.4 is 10.6 Å². The Morgan fingerprint density at radius 2 is 1.76 bits per heavy atom. The number of nitrogens with one attached hydrogen (secondary N) is 2. The van der Waals surface area contributed by atoms with Crippen LogP contribution in [0.5, 0.6) is 0 Å². The van der Waals surface area contributed by atoms with Crippen molar-refractivity contribution < 1.29 is 9.53 Å². The van der Waals surface area contributed by atoms with Crippen LogP contribution in [0, 0.1) is 0 Å². The first-order valence-corrected chi connectivity index (χ1v) is 10.6. The first kappa shape index (κ1) is 21.3. The highest BCUT2D eigenvalue weighted by Crippen LogP contribution is 2.21. The number of morpholine rings is 1. The second kappa shape index (κ2) is 9.90. The molecule has 0 radical (unpaired) electrons. The van der Waals surface area contributed by atoms with Crippen molar-refractivity contribution in [2.45, 2.75) is 58.9 Å². The Hall–Kier alpha value is -2.37. The predicted molar refractivity (Wildman–Crippen MR) is 118 cm³/mol. The number of benzene rings is 2. The van der Waals surface area contributed by atoms with Crippen LogP contribution in [0.25, 0.3) is 0 Å². The van der Waals surface area contributed by atoms with Crippen molar-refractivity contribution in [2.75, 3.05) is 18.4 Å². The van der Waals surface area contributed by atoms with Crippen molar-refractivity contribution in [3.8, 4) is 0 Å². The summed E-state index contributed by atoms with van der Waals surface area (Å²) in [6, 6.07) is 16.2. The van der Waals surface area contributed by atoms with Gasteiger partial charge in [0.05, 0.1) is 18.2 Å². The standard InChI is InChI=1S/C24H33N3O2/c1-5-20-10-12-21(13-11-20)19(4)25-24(28)26-23-9-7-6-8-22(23)16-27-14-17(2)29-18(3)15-27/h6-13,17-19H,5,14-16H2,1-4H3,(H2,25,26,28). The summed E-state index contributed by atoms with van der Waals surface area (Å²) in [7, 11) is 0. The van der Waals surface area contributed by atoms with E-state index in [0.29, 0.717) is 0 Å². The van der Waals surface area contributed by atoms with Gasteiger partial charge in [-0.1, -0.05) is 49.4 Å². The molecule has 1 aliphatic rings. The van der Waals surface area contributed by atoms with Crippen molar-refractivity contribution in [3.05, 3.63) is 65.2 Å². The lowest BCUT2D eigenvalue weighted by atomic mass is 10.1. The minimum Gasteiger partial charge on any atom is -0.373 e. The lowest BCUT2D eigenvalue weighted by molar-refractivity contribution is -0.0704. The Bertz CT molecular complexity index is 796. The number of hydrogen-bond donors (Lipinski definition) is 2. The van der Waals surface area contributed by atoms with Crippen LogP contribution >= 0.6 is 0 Å². The zero-order valence-electron chi connectivity index (χ0n) is 17.9. The van der Waals surface area contributed by atoms with Crippen LogP contribution in [0.2, 0.25) is 0 Å². The van der Waals surface area contributed by atoms with Gasteiger partial charge in [0.25, 0.3) is 0 Å². The molecule has 1 aliphatic heterocycles. The quantitative estimate of drug-likeness (QED) is 0.743. The van der Waals surface area contributed by atoms with E-state index in [-0.39, 0.29) is 24.3 Å². The Kier molecular flexibility index (Phi) is 7.29. The van der Waals surface area contributed by atoms with Gasteiger partial charge in [-0.3, -0.25) is 4.90 Å². The van der Waals surface area contributed by atoms with Crippen LogP contribution in [-0.2, 0) is 17.7 Å². The normalized spacial score (nSPS) is 20.8. The molecule has 156 valence electrons. The maximum absolute atomic E-state index is 12.6. The largest absolute Gasteiger partial charge is 0.373 e. The lowest BCUT2D eigenvalue weighted by Crippen LogP contribution is -2.45. The molecule has 0 saturated carbocycles. The van der Waals surface area contributed by atoms with Crippen LogP contribution in [0.15, 0.2) is 48.5 Å². The molecule has 3 unspecified atom stereocenters. The summed E-state index contributed by atoms with van der Waals surface area (Å²) in [6.07, 6.45) is 1.46. The van der Waals surface area contributed by atoms with E-state index >= 15 is 0 Å². The van der Waals surface area contributed by atoms with E-state index in [1.807, 2.05) is 25.1 Å². The Balaban J connectivity index is 1.61. The van der Waals surface area contributed by atoms with E-state index in [1.54, 1.807) is 0 Å². The minimum atomic E-state index is -0.187. The SMILES string of the molecule is CCc1ccc(C(C)NC(=O)Nc2ccccc2CN2CC(C)OC(C)C2)cc1. The monoisotopic (exact) mass is 395 g/mol. The second-order valence-electron chi connectivity index (χ2n) is 8.02. The number of ether oxygens (including phenoxy) is 1. The number of nitrogens with zero attached hydrogens (tertiary/aromatic N) is 1. The van der Waals surface area contributed by atoms with Gasteiger partial charge in [-0.25, -0.2) is 4.79 Å². The minimum absolute atomic E-state index is 0.0611. The summed E-state index contributed by atoms with van der Waals surface area (Å²) in [6.45, 7) is 10.9. The molecule has 2 aromatic carbocycles. The Morgan fingerprint density at radius 3 is 2.41 bits per heavy atom. The molecule has 5 heteroatoms. The fourth-order valence-corrected chi connectivity index (χ4v) is 3.91. The van der Waals surface area contributed by atoms with Crippen LogP contribution in [0.4, 0.5) is 10.5 Å². The molecule has 3 atom stereocenters. The summed E-state index contributed by atoms with van der Waals surface area (Å²) in [4.78, 5) is 15.0. The molecule has 0 spiro atoms. The van der Waals surface area contributed by atoms with Crippen molar-refractivity contribution in [3.63, 3.8) is 0 Å². The third-order valence-corrected chi connectivity index (χ3v) is 5.39. The molecular weight excluding hydrogens is 362 g/mol. The van der Waals surface area contributed by atoms with Crippen LogP contribution in [0.3, 0.4) is 0 Å². The number of para-hydroxylation sites is 1. The number of urea groups is 1. The van der Waals surface area contributed by atoms with E-state index in [9.17, 15) is 4.79 Å². The third kappa shape index (κ3) is 6.05. The highest BCUT2D eigenvalue weighted by atomic mass is 16.5. The summed E-state index contributed by atoms with van der Waals surface area (Å²) in [5.74, 6) is 0. The second-order valence-corrected chi connectivity index (χ2v) is 8.02. The van der Waals surface area contributed by atoms with Gasteiger partial charge in [-0.15, -0.1) is 0 Å². The number of carbonyl (C=O) groups is 1. The van der Waals surface area contributed by atoms with Crippen molar-refractivity contribution >= 4 is 11.7 Å². The third-order valence-electron chi connectivity index (χ3n) is 5.39. The highest BCUT2D eigenvalue weighted by Gasteiger charge is 2.23. The fraction of sp³-hybridized carbons (Fsp3) is 0.458. The first-order chi connectivity index (χ1) is 13.9. The zero-order chi connectivity index (χ0) is 20.8. The number of rotatable bonds is 6. The fourth-order valence-electron chi connectivity index (χ4n) is 3.91. The smallest absolute Gasteiger partial charge is 0.319 e. The average Bonchev–Trinajstić information content (AvgIpc) is 2.68. The van der Waals surface area contributed by atoms with Gasteiger partial charge in [-0.2, -0.15) is 0 Å². The van der Waals surface area contributed by atoms with Gasteiger partial charge in [0, 0.05) is 25.3 Å². The Labute approximate surface area is 174 Å². The van der Waals surface area contributed by atoms with E-state index < -0.39 is 0 Å². The van der Waals surface area contributed by atoms with Crippen molar-refractivity contribution in [2.24, 2.45) is 0 Å². The number of hydrogen-bond acceptors (Lipinski definition) is 3. The van der Waals surface area contributed by atoms with E-state index in [4.69, 9.17) is 4.74 Å². The highest BCUT2D eigenvalue weighted by molar-refractivity contribution is 5.90. The van der Waals surface area contributed by atoms with Gasteiger partial charge in [0.2, 0.25) is 0 Å². The molecule has 2 amide bonds. The van der Waals surface area contributed by atoms with Crippen molar-refractivity contribution in [1.82, 2.24) is 10.2 Å². The summed E-state index contributed by atoms with van der Waals surface area (Å²) >= 11 is 0. The van der Waals surface area contributed by atoms with E-state index in [1.165, 1.54) is 5.56 Å². The molecular formula is C24H33N3O2. The Morgan fingerprint density at radius 1 is 1.10 bits per heavy atom. The topological polar surface area (TPSA) is 53.6 Å². The first-order valence-electron chi connectivity index (χ1n) is 10.6. The molecule has 1 fully saturated rings. The predicted octanol–water partition coefficient (Wildman–Crippen LogP) is 4.74. The molecule has 0 bridgehead atoms. The van der Waals surface area contributed by atoms with Gasteiger partial charge in [-0.05, 0) is 49.9 Å². The molecule has 3 rings (SSSR count). The van der Waals surface area contributed by atoms with Gasteiger partial charge < -0.3 is 15.4 Å². The van der Waals surface area contributed by atoms with Crippen molar-refractivity contribution in [1.29, 1.82) is 0 Å². The van der Waals surface area contributed by atoms with E-state index in [2.05, 4.69) is 66.6 Å². The number of carbonyl (C=O) groups excluding carboxylic acids is 1. The number of amides is 2. The maximum Gasteiger partial charge on any atom is 0.319 e. The molecule has 0 aliphatic carbocycles. The van der Waals surface area contributed by atoms with Crippen LogP contribution in [0.1, 0.15) is 50.4 Å². The average molecular weight is 396 g/mol. The van der Waals surface area contributed by atoms with E-state index in [0.717, 1.165) is 42.9 Å². The van der Waals surface area contributed by atoms with Gasteiger partial charge in [0.15, 0.2) is 0 Å². The molecule has 5 nitrogen and oxygen atoms in total. The molecule has 1 saturated heterocycles. The summed E-state index contributed by atoms with van der Waals surface area (Å²) in [5, 5.41) is 6.08. The molecule has 2 N–H and O–H groups in total. The summed E-state index contributed by atoms with van der Waals surface area (Å²) in [5.41, 5.74) is 4.36. The summed E-state index contributed by atoms with van der Waals surface area (Å²) < 4.78 is 5.83. The van der Waals surface area contributed by atoms with Crippen LogP contribution in [-0.4, -0.2) is 36.2 Å². The van der Waals surface area contributed by atoms with Gasteiger partial charge in [0.1, 0.15) is 0 Å². The number of aryl methyl sites for hydroxylation is 1. The molecule has 0 aromatic heterocycles. The molecule has 1 heterocycles. The zero-order valence-corrected chi connectivity index (χ0v) is 17.9.